The molecule has 0 spiro atoms. The van der Waals surface area contributed by atoms with E-state index in [0.29, 0.717) is 24.5 Å². The summed E-state index contributed by atoms with van der Waals surface area (Å²) in [5.74, 6) is 0. The van der Waals surface area contributed by atoms with Crippen LogP contribution in [0, 0.1) is 0 Å². The molecule has 5 nitrogen and oxygen atoms in total. The molecule has 0 aliphatic heterocycles. The standard InChI is InChI=1S/C15H27N3O2S/c1-5-8-16-12-14-11-15(13-17(14)4)21(19,20)18(9-6-2)10-7-3/h6,11,13,16H,2,5,7-10,12H2,1,3-4H3. The highest BCUT2D eigenvalue weighted by Crippen LogP contribution is 2.19. The summed E-state index contributed by atoms with van der Waals surface area (Å²) in [6, 6.07) is 1.75. The molecule has 1 rings (SSSR count). The van der Waals surface area contributed by atoms with Gasteiger partial charge in [0.25, 0.3) is 0 Å². The highest BCUT2D eigenvalue weighted by atomic mass is 32.2. The molecule has 0 bridgehead atoms. The van der Waals surface area contributed by atoms with Crippen LogP contribution in [0.25, 0.3) is 0 Å². The van der Waals surface area contributed by atoms with Crippen LogP contribution in [0.2, 0.25) is 0 Å². The van der Waals surface area contributed by atoms with E-state index in [4.69, 9.17) is 0 Å². The minimum atomic E-state index is -3.44. The molecular formula is C15H27N3O2S. The second-order valence-electron chi connectivity index (χ2n) is 5.11. The predicted octanol–water partition coefficient (Wildman–Crippen LogP) is 2.11. The summed E-state index contributed by atoms with van der Waals surface area (Å²) in [6.45, 7) is 10.2. The van der Waals surface area contributed by atoms with Crippen molar-refractivity contribution in [3.8, 4) is 0 Å². The van der Waals surface area contributed by atoms with Crippen LogP contribution in [-0.2, 0) is 23.6 Å². The molecule has 1 N–H and O–H groups in total. The van der Waals surface area contributed by atoms with Gasteiger partial charge in [0.2, 0.25) is 10.0 Å². The lowest BCUT2D eigenvalue weighted by Gasteiger charge is -2.18. The quantitative estimate of drug-likeness (QED) is 0.532. The SMILES string of the molecule is C=CCN(CCC)S(=O)(=O)c1cc(CNCCC)n(C)c1. The fraction of sp³-hybridized carbons (Fsp3) is 0.600. The van der Waals surface area contributed by atoms with Crippen LogP contribution in [0.3, 0.4) is 0 Å². The van der Waals surface area contributed by atoms with Crippen molar-refractivity contribution in [3.05, 3.63) is 30.6 Å². The van der Waals surface area contributed by atoms with Crippen molar-refractivity contribution < 1.29 is 8.42 Å². The molecule has 0 amide bonds. The van der Waals surface area contributed by atoms with Crippen LogP contribution < -0.4 is 5.32 Å². The van der Waals surface area contributed by atoms with Gasteiger partial charge in [-0.25, -0.2) is 8.42 Å². The summed E-state index contributed by atoms with van der Waals surface area (Å²) in [5, 5.41) is 3.29. The Bertz CT molecular complexity index is 549. The van der Waals surface area contributed by atoms with Crippen molar-refractivity contribution in [3.63, 3.8) is 0 Å². The summed E-state index contributed by atoms with van der Waals surface area (Å²) < 4.78 is 28.6. The third kappa shape index (κ3) is 4.69. The lowest BCUT2D eigenvalue weighted by molar-refractivity contribution is 0.441. The number of rotatable bonds is 10. The highest BCUT2D eigenvalue weighted by molar-refractivity contribution is 7.89. The minimum Gasteiger partial charge on any atom is -0.352 e. The van der Waals surface area contributed by atoms with Gasteiger partial charge in [-0.2, -0.15) is 4.31 Å². The summed E-state index contributed by atoms with van der Waals surface area (Å²) in [5.41, 5.74) is 0.970. The topological polar surface area (TPSA) is 54.3 Å². The molecule has 0 atom stereocenters. The summed E-state index contributed by atoms with van der Waals surface area (Å²) in [7, 11) is -1.57. The molecule has 0 aliphatic rings. The Morgan fingerprint density at radius 3 is 2.67 bits per heavy atom. The maximum Gasteiger partial charge on any atom is 0.244 e. The Morgan fingerprint density at radius 1 is 1.38 bits per heavy atom. The molecule has 0 saturated carbocycles. The Morgan fingerprint density at radius 2 is 2.10 bits per heavy atom. The Labute approximate surface area is 128 Å². The zero-order valence-electron chi connectivity index (χ0n) is 13.3. The van der Waals surface area contributed by atoms with Gasteiger partial charge in [0.15, 0.2) is 0 Å². The van der Waals surface area contributed by atoms with Gasteiger partial charge in [0.1, 0.15) is 4.90 Å². The molecule has 0 radical (unpaired) electrons. The van der Waals surface area contributed by atoms with E-state index in [9.17, 15) is 8.42 Å². The summed E-state index contributed by atoms with van der Waals surface area (Å²) in [4.78, 5) is 0.355. The van der Waals surface area contributed by atoms with Crippen LogP contribution in [-0.4, -0.2) is 36.9 Å². The van der Waals surface area contributed by atoms with Crippen LogP contribution in [0.4, 0.5) is 0 Å². The number of hydrogen-bond acceptors (Lipinski definition) is 3. The van der Waals surface area contributed by atoms with Gasteiger partial charge in [0.05, 0.1) is 0 Å². The zero-order valence-corrected chi connectivity index (χ0v) is 14.1. The lowest BCUT2D eigenvalue weighted by atomic mass is 10.4. The fourth-order valence-electron chi connectivity index (χ4n) is 2.14. The van der Waals surface area contributed by atoms with Gasteiger partial charge in [-0.05, 0) is 25.5 Å². The van der Waals surface area contributed by atoms with Crippen molar-refractivity contribution in [2.75, 3.05) is 19.6 Å². The van der Waals surface area contributed by atoms with Crippen molar-refractivity contribution >= 4 is 10.0 Å². The minimum absolute atomic E-state index is 0.342. The third-order valence-corrected chi connectivity index (χ3v) is 5.09. The zero-order chi connectivity index (χ0) is 15.9. The first-order valence-corrected chi connectivity index (χ1v) is 8.88. The number of aryl methyl sites for hydroxylation is 1. The second-order valence-corrected chi connectivity index (χ2v) is 7.04. The van der Waals surface area contributed by atoms with Gasteiger partial charge in [-0.15, -0.1) is 6.58 Å². The molecular weight excluding hydrogens is 286 g/mol. The first-order valence-electron chi connectivity index (χ1n) is 7.44. The molecule has 120 valence electrons. The Kier molecular flexibility index (Phi) is 7.14. The van der Waals surface area contributed by atoms with Crippen LogP contribution >= 0.6 is 0 Å². The molecule has 0 aliphatic carbocycles. The predicted molar refractivity (Wildman–Crippen MR) is 86.7 cm³/mol. The third-order valence-electron chi connectivity index (χ3n) is 3.26. The fourth-order valence-corrected chi connectivity index (χ4v) is 3.74. The van der Waals surface area contributed by atoms with E-state index < -0.39 is 10.0 Å². The average molecular weight is 313 g/mol. The van der Waals surface area contributed by atoms with Gasteiger partial charge >= 0.3 is 0 Å². The largest absolute Gasteiger partial charge is 0.352 e. The Hall–Kier alpha value is -1.11. The smallest absolute Gasteiger partial charge is 0.244 e. The molecule has 6 heteroatoms. The molecule has 1 aromatic heterocycles. The molecule has 0 unspecified atom stereocenters. The van der Waals surface area contributed by atoms with E-state index in [2.05, 4.69) is 18.8 Å². The van der Waals surface area contributed by atoms with E-state index in [-0.39, 0.29) is 0 Å². The molecule has 21 heavy (non-hydrogen) atoms. The van der Waals surface area contributed by atoms with Crippen LogP contribution in [0.1, 0.15) is 32.4 Å². The normalized spacial score (nSPS) is 12.0. The average Bonchev–Trinajstić information content (AvgIpc) is 2.81. The Balaban J connectivity index is 2.97. The van der Waals surface area contributed by atoms with E-state index in [1.807, 2.05) is 18.5 Å². The van der Waals surface area contributed by atoms with Crippen molar-refractivity contribution in [1.29, 1.82) is 0 Å². The molecule has 1 heterocycles. The van der Waals surface area contributed by atoms with Gasteiger partial charge in [-0.1, -0.05) is 19.9 Å². The summed E-state index contributed by atoms with van der Waals surface area (Å²) in [6.07, 6.45) is 5.15. The second kappa shape index (κ2) is 8.36. The number of aromatic nitrogens is 1. The lowest BCUT2D eigenvalue weighted by Crippen LogP contribution is -2.31. The number of hydrogen-bond donors (Lipinski definition) is 1. The van der Waals surface area contributed by atoms with Crippen LogP contribution in [0.15, 0.2) is 29.8 Å². The van der Waals surface area contributed by atoms with Gasteiger partial charge in [-0.3, -0.25) is 0 Å². The first kappa shape index (κ1) is 17.9. The first-order chi connectivity index (χ1) is 9.97. The van der Waals surface area contributed by atoms with E-state index in [1.54, 1.807) is 18.3 Å². The maximum atomic E-state index is 12.7. The summed E-state index contributed by atoms with van der Waals surface area (Å²) >= 11 is 0. The van der Waals surface area contributed by atoms with Crippen molar-refractivity contribution in [2.45, 2.75) is 38.1 Å². The van der Waals surface area contributed by atoms with E-state index >= 15 is 0 Å². The molecule has 1 aromatic rings. The van der Waals surface area contributed by atoms with Crippen molar-refractivity contribution in [2.24, 2.45) is 7.05 Å². The number of nitrogens with zero attached hydrogens (tertiary/aromatic N) is 2. The molecule has 0 fully saturated rings. The molecule has 0 saturated heterocycles. The van der Waals surface area contributed by atoms with Crippen molar-refractivity contribution in [1.82, 2.24) is 14.2 Å². The maximum absolute atomic E-state index is 12.7. The van der Waals surface area contributed by atoms with E-state index in [1.165, 1.54) is 4.31 Å². The number of sulfonamides is 1. The number of nitrogens with one attached hydrogen (secondary N) is 1. The van der Waals surface area contributed by atoms with Gasteiger partial charge in [0, 0.05) is 38.6 Å². The van der Waals surface area contributed by atoms with Gasteiger partial charge < -0.3 is 9.88 Å². The highest BCUT2D eigenvalue weighted by Gasteiger charge is 2.24. The molecule has 0 aromatic carbocycles. The monoisotopic (exact) mass is 313 g/mol. The van der Waals surface area contributed by atoms with Crippen LogP contribution in [0.5, 0.6) is 0 Å². The van der Waals surface area contributed by atoms with E-state index in [0.717, 1.165) is 25.1 Å².